The van der Waals surface area contributed by atoms with Crippen LogP contribution in [0, 0.1) is 0 Å². The lowest BCUT2D eigenvalue weighted by Crippen LogP contribution is -2.62. The highest BCUT2D eigenvalue weighted by Crippen LogP contribution is 2.15. The SMILES string of the molecule is O=C1N[C@H](Cc2ccc(Cl)cc2)C(=O)N[C@@H]1Cc1ccc(Cl)cc1. The molecule has 6 heteroatoms. The van der Waals surface area contributed by atoms with Gasteiger partial charge in [0.15, 0.2) is 0 Å². The van der Waals surface area contributed by atoms with Crippen molar-refractivity contribution in [2.45, 2.75) is 24.9 Å². The second-order valence-electron chi connectivity index (χ2n) is 5.78. The summed E-state index contributed by atoms with van der Waals surface area (Å²) in [5.41, 5.74) is 1.88. The van der Waals surface area contributed by atoms with E-state index in [1.54, 1.807) is 24.3 Å². The fourth-order valence-corrected chi connectivity index (χ4v) is 2.93. The summed E-state index contributed by atoms with van der Waals surface area (Å²) in [6.07, 6.45) is 0.866. The van der Waals surface area contributed by atoms with E-state index < -0.39 is 12.1 Å². The number of hydrogen-bond acceptors (Lipinski definition) is 2. The van der Waals surface area contributed by atoms with Gasteiger partial charge in [-0.3, -0.25) is 9.59 Å². The minimum Gasteiger partial charge on any atom is -0.342 e. The molecule has 124 valence electrons. The molecule has 0 aliphatic carbocycles. The van der Waals surface area contributed by atoms with Crippen molar-refractivity contribution >= 4 is 35.0 Å². The molecule has 0 radical (unpaired) electrons. The smallest absolute Gasteiger partial charge is 0.243 e. The van der Waals surface area contributed by atoms with Gasteiger partial charge in [-0.25, -0.2) is 0 Å². The molecule has 2 atom stereocenters. The first-order valence-electron chi connectivity index (χ1n) is 7.61. The van der Waals surface area contributed by atoms with E-state index in [-0.39, 0.29) is 11.8 Å². The third-order valence-electron chi connectivity index (χ3n) is 3.97. The molecule has 1 aliphatic rings. The molecule has 1 fully saturated rings. The zero-order chi connectivity index (χ0) is 17.1. The molecule has 0 unspecified atom stereocenters. The number of halogens is 2. The van der Waals surface area contributed by atoms with Crippen molar-refractivity contribution in [3.63, 3.8) is 0 Å². The Balaban J connectivity index is 1.63. The number of amides is 2. The van der Waals surface area contributed by atoms with Gasteiger partial charge in [0.05, 0.1) is 0 Å². The first-order valence-corrected chi connectivity index (χ1v) is 8.36. The average Bonchev–Trinajstić information content (AvgIpc) is 2.56. The lowest BCUT2D eigenvalue weighted by atomic mass is 9.99. The topological polar surface area (TPSA) is 58.2 Å². The fraction of sp³-hybridized carbons (Fsp3) is 0.222. The van der Waals surface area contributed by atoms with Crippen LogP contribution in [0.1, 0.15) is 11.1 Å². The van der Waals surface area contributed by atoms with Crippen molar-refractivity contribution in [2.75, 3.05) is 0 Å². The second-order valence-corrected chi connectivity index (χ2v) is 6.66. The van der Waals surface area contributed by atoms with E-state index in [1.807, 2.05) is 24.3 Å². The van der Waals surface area contributed by atoms with Gasteiger partial charge in [0.25, 0.3) is 0 Å². The van der Waals surface area contributed by atoms with Crippen LogP contribution in [0.25, 0.3) is 0 Å². The van der Waals surface area contributed by atoms with E-state index in [4.69, 9.17) is 23.2 Å². The second kappa shape index (κ2) is 7.24. The minimum absolute atomic E-state index is 0.177. The van der Waals surface area contributed by atoms with E-state index in [0.717, 1.165) is 11.1 Å². The summed E-state index contributed by atoms with van der Waals surface area (Å²) in [6, 6.07) is 13.3. The van der Waals surface area contributed by atoms with Crippen LogP contribution >= 0.6 is 23.2 Å². The van der Waals surface area contributed by atoms with Gasteiger partial charge in [-0.1, -0.05) is 47.5 Å². The van der Waals surface area contributed by atoms with Crippen molar-refractivity contribution in [1.29, 1.82) is 0 Å². The van der Waals surface area contributed by atoms with Crippen molar-refractivity contribution in [3.05, 3.63) is 69.7 Å². The molecular formula is C18H16Cl2N2O2. The molecule has 1 aliphatic heterocycles. The van der Waals surface area contributed by atoms with Gasteiger partial charge in [-0.15, -0.1) is 0 Å². The predicted octanol–water partition coefficient (Wildman–Crippen LogP) is 2.76. The van der Waals surface area contributed by atoms with Crippen molar-refractivity contribution in [2.24, 2.45) is 0 Å². The molecule has 2 amide bonds. The monoisotopic (exact) mass is 362 g/mol. The summed E-state index contributed by atoms with van der Waals surface area (Å²) in [7, 11) is 0. The van der Waals surface area contributed by atoms with Crippen LogP contribution < -0.4 is 10.6 Å². The third-order valence-corrected chi connectivity index (χ3v) is 4.48. The molecule has 0 saturated carbocycles. The van der Waals surface area contributed by atoms with Gasteiger partial charge < -0.3 is 10.6 Å². The van der Waals surface area contributed by atoms with Crippen LogP contribution in [-0.2, 0) is 22.4 Å². The summed E-state index contributed by atoms with van der Waals surface area (Å²) >= 11 is 11.7. The average molecular weight is 363 g/mol. The van der Waals surface area contributed by atoms with Gasteiger partial charge >= 0.3 is 0 Å². The molecule has 3 rings (SSSR count). The molecule has 24 heavy (non-hydrogen) atoms. The Morgan fingerprint density at radius 3 is 1.33 bits per heavy atom. The van der Waals surface area contributed by atoms with E-state index in [2.05, 4.69) is 10.6 Å². The molecule has 2 N–H and O–H groups in total. The Bertz CT molecular complexity index is 679. The summed E-state index contributed by atoms with van der Waals surface area (Å²) in [4.78, 5) is 24.6. The van der Waals surface area contributed by atoms with Crippen LogP contribution in [0.3, 0.4) is 0 Å². The van der Waals surface area contributed by atoms with E-state index in [1.165, 1.54) is 0 Å². The summed E-state index contributed by atoms with van der Waals surface area (Å²) in [6.45, 7) is 0. The minimum atomic E-state index is -0.569. The van der Waals surface area contributed by atoms with Crippen LogP contribution in [0.2, 0.25) is 10.0 Å². The first kappa shape index (κ1) is 16.8. The molecule has 0 aromatic heterocycles. The van der Waals surface area contributed by atoms with Gasteiger partial charge in [-0.05, 0) is 35.4 Å². The number of carbonyl (C=O) groups excluding carboxylic acids is 2. The quantitative estimate of drug-likeness (QED) is 0.878. The number of rotatable bonds is 4. The molecule has 1 heterocycles. The Hall–Kier alpha value is -2.04. The van der Waals surface area contributed by atoms with Gasteiger partial charge in [0.1, 0.15) is 12.1 Å². The Kier molecular flexibility index (Phi) is 5.07. The maximum Gasteiger partial charge on any atom is 0.243 e. The highest BCUT2D eigenvalue weighted by atomic mass is 35.5. The number of carbonyl (C=O) groups is 2. The van der Waals surface area contributed by atoms with Gasteiger partial charge in [-0.2, -0.15) is 0 Å². The van der Waals surface area contributed by atoms with Crippen molar-refractivity contribution < 1.29 is 9.59 Å². The maximum absolute atomic E-state index is 12.3. The van der Waals surface area contributed by atoms with E-state index in [0.29, 0.717) is 22.9 Å². The number of nitrogens with one attached hydrogen (secondary N) is 2. The van der Waals surface area contributed by atoms with Crippen LogP contribution in [0.15, 0.2) is 48.5 Å². The van der Waals surface area contributed by atoms with Crippen LogP contribution in [0.4, 0.5) is 0 Å². The zero-order valence-electron chi connectivity index (χ0n) is 12.8. The number of benzene rings is 2. The molecule has 2 aromatic carbocycles. The highest BCUT2D eigenvalue weighted by molar-refractivity contribution is 6.30. The molecule has 2 aromatic rings. The summed E-state index contributed by atoms with van der Waals surface area (Å²) in [5.74, 6) is -0.355. The third kappa shape index (κ3) is 4.08. The van der Waals surface area contributed by atoms with Crippen molar-refractivity contribution in [3.8, 4) is 0 Å². The van der Waals surface area contributed by atoms with Gasteiger partial charge in [0.2, 0.25) is 11.8 Å². The van der Waals surface area contributed by atoms with Crippen LogP contribution in [0.5, 0.6) is 0 Å². The summed E-state index contributed by atoms with van der Waals surface area (Å²) < 4.78 is 0. The Labute approximate surface area is 150 Å². The number of hydrogen-bond donors (Lipinski definition) is 2. The lowest BCUT2D eigenvalue weighted by Gasteiger charge is -2.29. The summed E-state index contributed by atoms with van der Waals surface area (Å²) in [5, 5.41) is 6.88. The molecular weight excluding hydrogens is 347 g/mol. The molecule has 0 bridgehead atoms. The Morgan fingerprint density at radius 2 is 1.00 bits per heavy atom. The zero-order valence-corrected chi connectivity index (χ0v) is 14.3. The number of piperazine rings is 1. The largest absolute Gasteiger partial charge is 0.342 e. The lowest BCUT2D eigenvalue weighted by molar-refractivity contribution is -0.136. The molecule has 4 nitrogen and oxygen atoms in total. The van der Waals surface area contributed by atoms with E-state index in [9.17, 15) is 9.59 Å². The maximum atomic E-state index is 12.3. The fourth-order valence-electron chi connectivity index (χ4n) is 2.68. The first-order chi connectivity index (χ1) is 11.5. The normalized spacial score (nSPS) is 20.4. The standard InChI is InChI=1S/C18H16Cl2N2O2/c19-13-5-1-11(2-6-13)9-15-17(23)22-16(18(24)21-15)10-12-3-7-14(20)8-4-12/h1-8,15-16H,9-10H2,(H,21,24)(H,22,23)/t15-,16-/m1/s1. The van der Waals surface area contributed by atoms with Crippen molar-refractivity contribution in [1.82, 2.24) is 10.6 Å². The van der Waals surface area contributed by atoms with Gasteiger partial charge in [0, 0.05) is 22.9 Å². The highest BCUT2D eigenvalue weighted by Gasteiger charge is 2.33. The molecule has 1 saturated heterocycles. The Morgan fingerprint density at radius 1 is 0.667 bits per heavy atom. The van der Waals surface area contributed by atoms with Crippen LogP contribution in [-0.4, -0.2) is 23.9 Å². The predicted molar refractivity (Wildman–Crippen MR) is 94.2 cm³/mol. The molecule has 0 spiro atoms. The van der Waals surface area contributed by atoms with E-state index >= 15 is 0 Å².